The second-order valence-corrected chi connectivity index (χ2v) is 4.41. The average molecular weight is 252 g/mol. The van der Waals surface area contributed by atoms with Crippen molar-refractivity contribution < 1.29 is 14.6 Å². The van der Waals surface area contributed by atoms with Gasteiger partial charge in [-0.15, -0.1) is 5.10 Å². The third kappa shape index (κ3) is 4.07. The van der Waals surface area contributed by atoms with E-state index in [9.17, 15) is 9.90 Å². The maximum atomic E-state index is 11.2. The van der Waals surface area contributed by atoms with E-state index in [0.717, 1.165) is 18.5 Å². The summed E-state index contributed by atoms with van der Waals surface area (Å²) in [7, 11) is 1.31. The van der Waals surface area contributed by atoms with Gasteiger partial charge in [0.25, 0.3) is 0 Å². The molecule has 0 saturated heterocycles. The van der Waals surface area contributed by atoms with Gasteiger partial charge in [-0.05, 0) is 25.0 Å². The van der Waals surface area contributed by atoms with E-state index in [4.69, 9.17) is 0 Å². The highest BCUT2D eigenvalue weighted by molar-refractivity contribution is 5.86. The molecular weight excluding hydrogens is 232 g/mol. The smallest absolute Gasteiger partial charge is 0.358 e. The number of hydrogen-bond acceptors (Lipinski definition) is 5. The van der Waals surface area contributed by atoms with Crippen molar-refractivity contribution in [3.8, 4) is 0 Å². The van der Waals surface area contributed by atoms with Crippen molar-refractivity contribution in [2.45, 2.75) is 45.1 Å². The zero-order valence-corrected chi connectivity index (χ0v) is 11.1. The van der Waals surface area contributed by atoms with Crippen LogP contribution < -0.4 is 0 Å². The van der Waals surface area contributed by atoms with Crippen molar-refractivity contribution in [2.24, 2.45) is 0 Å². The highest BCUT2D eigenvalue weighted by Crippen LogP contribution is 2.20. The predicted octanol–water partition coefficient (Wildman–Crippen LogP) is 1.92. The lowest BCUT2D eigenvalue weighted by Crippen LogP contribution is -2.13. The van der Waals surface area contributed by atoms with Crippen LogP contribution in [0.1, 0.15) is 55.2 Å². The Bertz CT molecular complexity index is 378. The number of aliphatic hydroxyl groups is 1. The first kappa shape index (κ1) is 14.6. The van der Waals surface area contributed by atoms with Crippen LogP contribution in [0.3, 0.4) is 0 Å². The number of esters is 1. The molecule has 0 amide bonds. The number of hydrogen-bond donors (Lipinski definition) is 1. The molecule has 0 aliphatic heterocycles. The topological polar surface area (TPSA) is 72.3 Å². The van der Waals surface area contributed by atoms with Crippen LogP contribution in [-0.2, 0) is 4.74 Å². The van der Waals surface area contributed by atoms with Gasteiger partial charge in [0.05, 0.1) is 18.9 Å². The first-order valence-electron chi connectivity index (χ1n) is 6.18. The number of nitrogens with zero attached hydrogens (tertiary/aromatic N) is 2. The summed E-state index contributed by atoms with van der Waals surface area (Å²) in [6.45, 7) is 4.03. The average Bonchev–Trinajstić information content (AvgIpc) is 2.38. The minimum Gasteiger partial charge on any atom is -0.464 e. The van der Waals surface area contributed by atoms with Gasteiger partial charge in [-0.1, -0.05) is 20.3 Å². The van der Waals surface area contributed by atoms with E-state index in [-0.39, 0.29) is 17.7 Å². The number of aliphatic hydroxyl groups excluding tert-OH is 1. The molecule has 2 atom stereocenters. The Morgan fingerprint density at radius 1 is 1.44 bits per heavy atom. The molecule has 1 heterocycles. The van der Waals surface area contributed by atoms with Crippen molar-refractivity contribution in [3.63, 3.8) is 0 Å². The molecule has 1 unspecified atom stereocenters. The van der Waals surface area contributed by atoms with E-state index in [1.807, 2.05) is 13.8 Å². The molecule has 0 spiro atoms. The minimum atomic E-state index is -0.493. The van der Waals surface area contributed by atoms with E-state index >= 15 is 0 Å². The lowest BCUT2D eigenvalue weighted by Gasteiger charge is -2.15. The predicted molar refractivity (Wildman–Crippen MR) is 67.3 cm³/mol. The molecule has 5 heteroatoms. The van der Waals surface area contributed by atoms with E-state index < -0.39 is 5.97 Å². The van der Waals surface area contributed by atoms with Gasteiger partial charge in [-0.3, -0.25) is 0 Å². The summed E-state index contributed by atoms with van der Waals surface area (Å²) in [5.74, 6) is -0.376. The van der Waals surface area contributed by atoms with Crippen LogP contribution in [0.5, 0.6) is 0 Å². The highest BCUT2D eigenvalue weighted by Gasteiger charge is 2.14. The molecule has 0 aliphatic rings. The Morgan fingerprint density at radius 3 is 2.67 bits per heavy atom. The maximum Gasteiger partial charge on any atom is 0.358 e. The monoisotopic (exact) mass is 252 g/mol. The van der Waals surface area contributed by atoms with Crippen LogP contribution in [-0.4, -0.2) is 34.5 Å². The van der Waals surface area contributed by atoms with Crippen LogP contribution in [0, 0.1) is 0 Å². The Hall–Kier alpha value is -1.49. The molecule has 1 aromatic rings. The van der Waals surface area contributed by atoms with Crippen LogP contribution in [0.2, 0.25) is 0 Å². The molecule has 5 nitrogen and oxygen atoms in total. The van der Waals surface area contributed by atoms with Gasteiger partial charge in [0, 0.05) is 5.92 Å². The fourth-order valence-corrected chi connectivity index (χ4v) is 1.80. The highest BCUT2D eigenvalue weighted by atomic mass is 16.5. The fraction of sp³-hybridized carbons (Fsp3) is 0.615. The first-order chi connectivity index (χ1) is 8.58. The van der Waals surface area contributed by atoms with E-state index in [2.05, 4.69) is 14.9 Å². The number of aromatic nitrogens is 2. The maximum absolute atomic E-state index is 11.2. The van der Waals surface area contributed by atoms with Crippen molar-refractivity contribution in [3.05, 3.63) is 23.5 Å². The van der Waals surface area contributed by atoms with Crippen molar-refractivity contribution in [1.82, 2.24) is 10.2 Å². The van der Waals surface area contributed by atoms with Gasteiger partial charge < -0.3 is 9.84 Å². The Labute approximate surface area is 107 Å². The molecular formula is C13H20N2O3. The summed E-state index contributed by atoms with van der Waals surface area (Å²) in [6, 6.07) is 3.35. The molecule has 0 fully saturated rings. The van der Waals surface area contributed by atoms with Crippen LogP contribution in [0.15, 0.2) is 12.1 Å². The van der Waals surface area contributed by atoms with Gasteiger partial charge in [0.2, 0.25) is 0 Å². The van der Waals surface area contributed by atoms with Crippen molar-refractivity contribution in [2.75, 3.05) is 7.11 Å². The number of carbonyl (C=O) groups is 1. The Morgan fingerprint density at radius 2 is 2.17 bits per heavy atom. The van der Waals surface area contributed by atoms with Gasteiger partial charge in [-0.25, -0.2) is 4.79 Å². The van der Waals surface area contributed by atoms with E-state index in [1.165, 1.54) is 7.11 Å². The van der Waals surface area contributed by atoms with Crippen molar-refractivity contribution in [1.29, 1.82) is 0 Å². The summed E-state index contributed by atoms with van der Waals surface area (Å²) in [5.41, 5.74) is 0.973. The molecule has 1 rings (SSSR count). The third-order valence-corrected chi connectivity index (χ3v) is 2.83. The molecule has 1 aromatic heterocycles. The molecule has 0 radical (unpaired) electrons. The summed E-state index contributed by atoms with van der Waals surface area (Å²) < 4.78 is 4.55. The normalized spacial score (nSPS) is 14.0. The van der Waals surface area contributed by atoms with Gasteiger partial charge >= 0.3 is 5.97 Å². The van der Waals surface area contributed by atoms with Crippen LogP contribution >= 0.6 is 0 Å². The summed E-state index contributed by atoms with van der Waals surface area (Å²) in [6.07, 6.45) is 2.09. The molecule has 0 aliphatic carbocycles. The SMILES string of the molecule is CCC[C@H](O)CC(C)c1ccc(C(=O)OC)nn1. The second-order valence-electron chi connectivity index (χ2n) is 4.41. The number of carbonyl (C=O) groups excluding carboxylic acids is 1. The molecule has 100 valence electrons. The van der Waals surface area contributed by atoms with Gasteiger partial charge in [-0.2, -0.15) is 5.10 Å². The molecule has 0 saturated carbocycles. The minimum absolute atomic E-state index is 0.116. The molecule has 1 N–H and O–H groups in total. The number of methoxy groups -OCH3 is 1. The lowest BCUT2D eigenvalue weighted by molar-refractivity contribution is 0.0592. The summed E-state index contributed by atoms with van der Waals surface area (Å²) >= 11 is 0. The third-order valence-electron chi connectivity index (χ3n) is 2.83. The van der Waals surface area contributed by atoms with Crippen LogP contribution in [0.4, 0.5) is 0 Å². The molecule has 18 heavy (non-hydrogen) atoms. The summed E-state index contributed by atoms with van der Waals surface area (Å²) in [5, 5.41) is 17.6. The zero-order valence-electron chi connectivity index (χ0n) is 11.1. The standard InChI is InChI=1S/C13H20N2O3/c1-4-5-10(16)8-9(2)11-6-7-12(15-14-11)13(17)18-3/h6-7,9-10,16H,4-5,8H2,1-3H3/t9?,10-/m0/s1. The van der Waals surface area contributed by atoms with E-state index in [0.29, 0.717) is 6.42 Å². The van der Waals surface area contributed by atoms with Crippen LogP contribution in [0.25, 0.3) is 0 Å². The summed E-state index contributed by atoms with van der Waals surface area (Å²) in [4.78, 5) is 11.2. The Kier molecular flexibility index (Phi) is 5.71. The van der Waals surface area contributed by atoms with Gasteiger partial charge in [0.1, 0.15) is 0 Å². The lowest BCUT2D eigenvalue weighted by atomic mass is 9.97. The molecule has 0 aromatic carbocycles. The first-order valence-corrected chi connectivity index (χ1v) is 6.18. The zero-order chi connectivity index (χ0) is 13.5. The fourth-order valence-electron chi connectivity index (χ4n) is 1.80. The van der Waals surface area contributed by atoms with Gasteiger partial charge in [0.15, 0.2) is 5.69 Å². The quantitative estimate of drug-likeness (QED) is 0.783. The van der Waals surface area contributed by atoms with E-state index in [1.54, 1.807) is 12.1 Å². The largest absolute Gasteiger partial charge is 0.464 e. The molecule has 0 bridgehead atoms. The number of ether oxygens (including phenoxy) is 1. The Balaban J connectivity index is 2.64. The van der Waals surface area contributed by atoms with Crippen molar-refractivity contribution >= 4 is 5.97 Å². The number of rotatable bonds is 6. The second kappa shape index (κ2) is 7.06.